The van der Waals surface area contributed by atoms with Gasteiger partial charge in [-0.1, -0.05) is 18.2 Å². The van der Waals surface area contributed by atoms with E-state index in [1.54, 1.807) is 29.8 Å². The lowest BCUT2D eigenvalue weighted by Crippen LogP contribution is -2.44. The third-order valence-corrected chi connectivity index (χ3v) is 5.67. The summed E-state index contributed by atoms with van der Waals surface area (Å²) in [5, 5.41) is 0. The molecule has 8 nitrogen and oxygen atoms in total. The molecule has 0 radical (unpaired) electrons. The molecule has 3 aromatic rings. The normalized spacial score (nSPS) is 16.0. The zero-order valence-electron chi connectivity index (χ0n) is 16.9. The SMILES string of the molecule is CN1CCN(Cc2nc3c(c(=O)n(C)c(=O)n3C)n2Cc2ccccc2F)CC1. The van der Waals surface area contributed by atoms with Crippen LogP contribution in [0.3, 0.4) is 0 Å². The second-order valence-electron chi connectivity index (χ2n) is 7.66. The molecular formula is C20H25FN6O2. The zero-order chi connectivity index (χ0) is 20.7. The fourth-order valence-electron chi connectivity index (χ4n) is 3.79. The Hall–Kier alpha value is -2.78. The number of aromatic nitrogens is 4. The van der Waals surface area contributed by atoms with Gasteiger partial charge in [0.15, 0.2) is 11.2 Å². The molecule has 0 aliphatic carbocycles. The van der Waals surface area contributed by atoms with Crippen molar-refractivity contribution in [1.82, 2.24) is 28.5 Å². The smallest absolute Gasteiger partial charge is 0.316 e. The highest BCUT2D eigenvalue weighted by Gasteiger charge is 2.22. The van der Waals surface area contributed by atoms with Gasteiger partial charge in [0.25, 0.3) is 5.56 Å². The van der Waals surface area contributed by atoms with Crippen LogP contribution >= 0.6 is 0 Å². The third-order valence-electron chi connectivity index (χ3n) is 5.67. The van der Waals surface area contributed by atoms with Gasteiger partial charge in [0, 0.05) is 45.8 Å². The van der Waals surface area contributed by atoms with Crippen molar-refractivity contribution in [3.8, 4) is 0 Å². The van der Waals surface area contributed by atoms with Gasteiger partial charge in [-0.15, -0.1) is 0 Å². The van der Waals surface area contributed by atoms with E-state index in [9.17, 15) is 14.0 Å². The molecule has 0 N–H and O–H groups in total. The third kappa shape index (κ3) is 3.51. The van der Waals surface area contributed by atoms with Crippen LogP contribution in [0.2, 0.25) is 0 Å². The van der Waals surface area contributed by atoms with E-state index in [4.69, 9.17) is 0 Å². The number of aryl methyl sites for hydroxylation is 1. The van der Waals surface area contributed by atoms with Gasteiger partial charge in [-0.25, -0.2) is 14.2 Å². The molecule has 154 valence electrons. The lowest BCUT2D eigenvalue weighted by Gasteiger charge is -2.32. The number of benzene rings is 1. The average Bonchev–Trinajstić information content (AvgIpc) is 3.06. The Kier molecular flexibility index (Phi) is 5.10. The van der Waals surface area contributed by atoms with E-state index in [0.717, 1.165) is 30.7 Å². The Morgan fingerprint density at radius 1 is 0.966 bits per heavy atom. The Morgan fingerprint density at radius 3 is 2.34 bits per heavy atom. The van der Waals surface area contributed by atoms with Gasteiger partial charge in [0.2, 0.25) is 0 Å². The summed E-state index contributed by atoms with van der Waals surface area (Å²) in [6, 6.07) is 6.51. The maximum Gasteiger partial charge on any atom is 0.332 e. The maximum absolute atomic E-state index is 14.3. The first-order chi connectivity index (χ1) is 13.9. The molecule has 1 fully saturated rings. The highest BCUT2D eigenvalue weighted by atomic mass is 19.1. The Bertz CT molecular complexity index is 1170. The summed E-state index contributed by atoms with van der Waals surface area (Å²) in [5.74, 6) is 0.327. The molecule has 3 heterocycles. The van der Waals surface area contributed by atoms with Crippen molar-refractivity contribution in [2.75, 3.05) is 33.2 Å². The molecule has 29 heavy (non-hydrogen) atoms. The van der Waals surface area contributed by atoms with Crippen molar-refractivity contribution in [3.05, 3.63) is 62.3 Å². The van der Waals surface area contributed by atoms with Crippen LogP contribution in [-0.4, -0.2) is 61.7 Å². The van der Waals surface area contributed by atoms with Crippen LogP contribution in [0.1, 0.15) is 11.4 Å². The molecule has 1 aromatic carbocycles. The van der Waals surface area contributed by atoms with Crippen LogP contribution in [0.25, 0.3) is 11.2 Å². The molecule has 1 aliphatic heterocycles. The number of nitrogens with zero attached hydrogens (tertiary/aromatic N) is 6. The Labute approximate surface area is 167 Å². The molecular weight excluding hydrogens is 375 g/mol. The van der Waals surface area contributed by atoms with Gasteiger partial charge in [0.1, 0.15) is 11.6 Å². The summed E-state index contributed by atoms with van der Waals surface area (Å²) < 4.78 is 18.6. The van der Waals surface area contributed by atoms with Crippen LogP contribution in [0.15, 0.2) is 33.9 Å². The lowest BCUT2D eigenvalue weighted by molar-refractivity contribution is 0.144. The minimum atomic E-state index is -0.427. The van der Waals surface area contributed by atoms with E-state index in [2.05, 4.69) is 21.8 Å². The molecule has 1 aliphatic rings. The maximum atomic E-state index is 14.3. The summed E-state index contributed by atoms with van der Waals surface area (Å²) in [5.41, 5.74) is 0.281. The first-order valence-electron chi connectivity index (χ1n) is 9.66. The molecule has 0 atom stereocenters. The number of halogens is 1. The predicted molar refractivity (Wildman–Crippen MR) is 108 cm³/mol. The predicted octanol–water partition coefficient (Wildman–Crippen LogP) is 0.369. The summed E-state index contributed by atoms with van der Waals surface area (Å²) in [4.78, 5) is 34.5. The lowest BCUT2D eigenvalue weighted by atomic mass is 10.2. The van der Waals surface area contributed by atoms with Crippen molar-refractivity contribution in [2.45, 2.75) is 13.1 Å². The summed E-state index contributed by atoms with van der Waals surface area (Å²) in [6.07, 6.45) is 0. The molecule has 0 bridgehead atoms. The van der Waals surface area contributed by atoms with E-state index in [-0.39, 0.29) is 12.4 Å². The standard InChI is InChI=1S/C20H25FN6O2/c1-23-8-10-26(11-9-23)13-16-22-18-17(19(28)25(3)20(29)24(18)2)27(16)12-14-6-4-5-7-15(14)21/h4-7H,8-13H2,1-3H3. The number of likely N-dealkylation sites (N-methyl/N-ethyl adjacent to an activating group) is 1. The highest BCUT2D eigenvalue weighted by Crippen LogP contribution is 2.18. The molecule has 9 heteroatoms. The summed E-state index contributed by atoms with van der Waals surface area (Å²) in [6.45, 7) is 4.39. The van der Waals surface area contributed by atoms with Crippen LogP contribution in [0.4, 0.5) is 4.39 Å². The van der Waals surface area contributed by atoms with Gasteiger partial charge in [-0.05, 0) is 13.1 Å². The first kappa shape index (κ1) is 19.5. The van der Waals surface area contributed by atoms with Gasteiger partial charge in [0.05, 0.1) is 13.1 Å². The molecule has 0 unspecified atom stereocenters. The monoisotopic (exact) mass is 400 g/mol. The summed E-state index contributed by atoms with van der Waals surface area (Å²) in [7, 11) is 5.14. The molecule has 4 rings (SSSR count). The molecule has 1 saturated heterocycles. The largest absolute Gasteiger partial charge is 0.332 e. The Morgan fingerprint density at radius 2 is 1.66 bits per heavy atom. The van der Waals surface area contributed by atoms with Crippen molar-refractivity contribution < 1.29 is 4.39 Å². The van der Waals surface area contributed by atoms with E-state index in [0.29, 0.717) is 29.1 Å². The minimum absolute atomic E-state index is 0.180. The van der Waals surface area contributed by atoms with Gasteiger partial charge in [-0.2, -0.15) is 0 Å². The van der Waals surface area contributed by atoms with Crippen molar-refractivity contribution in [2.24, 2.45) is 14.1 Å². The second kappa shape index (κ2) is 7.57. The summed E-state index contributed by atoms with van der Waals surface area (Å²) >= 11 is 0. The van der Waals surface area contributed by atoms with E-state index < -0.39 is 11.2 Å². The fraction of sp³-hybridized carbons (Fsp3) is 0.450. The van der Waals surface area contributed by atoms with E-state index in [1.807, 2.05) is 0 Å². The number of hydrogen-bond donors (Lipinski definition) is 0. The van der Waals surface area contributed by atoms with Crippen molar-refractivity contribution >= 4 is 11.2 Å². The van der Waals surface area contributed by atoms with E-state index in [1.165, 1.54) is 17.7 Å². The van der Waals surface area contributed by atoms with E-state index >= 15 is 0 Å². The molecule has 2 aromatic heterocycles. The molecule has 0 saturated carbocycles. The minimum Gasteiger partial charge on any atom is -0.316 e. The number of piperazine rings is 1. The van der Waals surface area contributed by atoms with Crippen LogP contribution in [-0.2, 0) is 27.2 Å². The number of fused-ring (bicyclic) bond motifs is 1. The van der Waals surface area contributed by atoms with Crippen molar-refractivity contribution in [3.63, 3.8) is 0 Å². The van der Waals surface area contributed by atoms with Crippen LogP contribution < -0.4 is 11.2 Å². The van der Waals surface area contributed by atoms with Gasteiger partial charge in [-0.3, -0.25) is 18.8 Å². The quantitative estimate of drug-likeness (QED) is 0.633. The van der Waals surface area contributed by atoms with Gasteiger partial charge < -0.3 is 9.47 Å². The first-order valence-corrected chi connectivity index (χ1v) is 9.66. The fourth-order valence-corrected chi connectivity index (χ4v) is 3.79. The van der Waals surface area contributed by atoms with Crippen LogP contribution in [0.5, 0.6) is 0 Å². The zero-order valence-corrected chi connectivity index (χ0v) is 16.9. The number of hydrogen-bond acceptors (Lipinski definition) is 5. The molecule has 0 amide bonds. The molecule has 0 spiro atoms. The average molecular weight is 400 g/mol. The number of imidazole rings is 1. The topological polar surface area (TPSA) is 68.3 Å². The Balaban J connectivity index is 1.86. The van der Waals surface area contributed by atoms with Crippen molar-refractivity contribution in [1.29, 1.82) is 0 Å². The highest BCUT2D eigenvalue weighted by molar-refractivity contribution is 5.71. The second-order valence-corrected chi connectivity index (χ2v) is 7.66. The van der Waals surface area contributed by atoms with Gasteiger partial charge >= 0.3 is 5.69 Å². The van der Waals surface area contributed by atoms with Crippen LogP contribution in [0, 0.1) is 5.82 Å². The number of rotatable bonds is 4.